The largest absolute Gasteiger partial charge is 0.523 e. The highest BCUT2D eigenvalue weighted by Crippen LogP contribution is 2.25. The first kappa shape index (κ1) is 18.1. The highest BCUT2D eigenvalue weighted by molar-refractivity contribution is 7.87. The molecule has 0 unspecified atom stereocenters. The molecule has 0 amide bonds. The van der Waals surface area contributed by atoms with Crippen molar-refractivity contribution in [3.8, 4) is 0 Å². The summed E-state index contributed by atoms with van der Waals surface area (Å²) < 4.78 is 80.3. The first-order valence-corrected chi connectivity index (χ1v) is 8.12. The predicted octanol–water partition coefficient (Wildman–Crippen LogP) is 1.89. The number of hydrogen-bond acceptors (Lipinski definition) is 5. The summed E-state index contributed by atoms with van der Waals surface area (Å²) in [5.41, 5.74) is -4.62. The summed E-state index contributed by atoms with van der Waals surface area (Å²) in [4.78, 5) is 1.87. The van der Waals surface area contributed by atoms with Gasteiger partial charge >= 0.3 is 15.6 Å². The molecule has 0 radical (unpaired) electrons. The minimum Gasteiger partial charge on any atom is -0.373 e. The lowest BCUT2D eigenvalue weighted by Gasteiger charge is -2.32. The van der Waals surface area contributed by atoms with Crippen LogP contribution in [0.25, 0.3) is 0 Å². The summed E-state index contributed by atoms with van der Waals surface area (Å²) in [5.74, 6) is -0.362. The van der Waals surface area contributed by atoms with Crippen molar-refractivity contribution in [1.82, 2.24) is 4.90 Å². The summed E-state index contributed by atoms with van der Waals surface area (Å²) in [6, 6.07) is 5.83. The third kappa shape index (κ3) is 5.13. The van der Waals surface area contributed by atoms with Crippen molar-refractivity contribution in [2.45, 2.75) is 18.2 Å². The Balaban J connectivity index is 1.87. The number of nitrogens with zero attached hydrogens (tertiary/aromatic N) is 1. The van der Waals surface area contributed by atoms with Gasteiger partial charge in [-0.3, -0.25) is 9.08 Å². The SMILES string of the molecule is O=S(=O)(OC[C@H]1CN(Cc2ccc(F)cc2)CCO1)C(F)(F)F. The molecular weight excluding hydrogens is 342 g/mol. The third-order valence-electron chi connectivity index (χ3n) is 3.23. The highest BCUT2D eigenvalue weighted by atomic mass is 32.2. The molecule has 1 aromatic carbocycles. The molecule has 5 nitrogen and oxygen atoms in total. The third-order valence-corrected chi connectivity index (χ3v) is 4.25. The number of hydrogen-bond donors (Lipinski definition) is 0. The van der Waals surface area contributed by atoms with Crippen molar-refractivity contribution in [1.29, 1.82) is 0 Å². The van der Waals surface area contributed by atoms with Crippen molar-refractivity contribution >= 4 is 10.1 Å². The van der Waals surface area contributed by atoms with E-state index in [1.54, 1.807) is 12.1 Å². The lowest BCUT2D eigenvalue weighted by molar-refractivity contribution is -0.0701. The second kappa shape index (κ2) is 7.12. The molecule has 130 valence electrons. The average molecular weight is 357 g/mol. The van der Waals surface area contributed by atoms with E-state index in [0.717, 1.165) is 5.56 Å². The molecule has 1 aliphatic rings. The number of ether oxygens (including phenoxy) is 1. The van der Waals surface area contributed by atoms with Gasteiger partial charge in [0.2, 0.25) is 0 Å². The molecule has 1 aliphatic heterocycles. The fraction of sp³-hybridized carbons (Fsp3) is 0.538. The summed E-state index contributed by atoms with van der Waals surface area (Å²) in [5, 5.41) is 0. The number of morpholine rings is 1. The lowest BCUT2D eigenvalue weighted by atomic mass is 10.2. The first-order chi connectivity index (χ1) is 10.7. The normalized spacial score (nSPS) is 20.6. The second-order valence-electron chi connectivity index (χ2n) is 5.04. The number of benzene rings is 1. The van der Waals surface area contributed by atoms with E-state index in [2.05, 4.69) is 4.18 Å². The maximum Gasteiger partial charge on any atom is 0.523 e. The smallest absolute Gasteiger partial charge is 0.373 e. The van der Waals surface area contributed by atoms with E-state index in [1.807, 2.05) is 4.90 Å². The Kier molecular flexibility index (Phi) is 5.61. The van der Waals surface area contributed by atoms with Crippen molar-refractivity contribution in [3.63, 3.8) is 0 Å². The fourth-order valence-electron chi connectivity index (χ4n) is 2.11. The number of halogens is 4. The zero-order valence-electron chi connectivity index (χ0n) is 11.9. The Morgan fingerprint density at radius 1 is 1.26 bits per heavy atom. The quantitative estimate of drug-likeness (QED) is 0.458. The number of alkyl halides is 3. The maximum absolute atomic E-state index is 12.8. The first-order valence-electron chi connectivity index (χ1n) is 6.71. The van der Waals surface area contributed by atoms with E-state index in [0.29, 0.717) is 13.1 Å². The van der Waals surface area contributed by atoms with Gasteiger partial charge in [-0.15, -0.1) is 0 Å². The minimum absolute atomic E-state index is 0.213. The second-order valence-corrected chi connectivity index (χ2v) is 6.65. The lowest BCUT2D eigenvalue weighted by Crippen LogP contribution is -2.44. The summed E-state index contributed by atoms with van der Waals surface area (Å²) >= 11 is 0. The van der Waals surface area contributed by atoms with Crippen LogP contribution < -0.4 is 0 Å². The molecule has 1 fully saturated rings. The van der Waals surface area contributed by atoms with Crippen LogP contribution in [0.5, 0.6) is 0 Å². The molecular formula is C13H15F4NO4S. The van der Waals surface area contributed by atoms with Crippen molar-refractivity contribution in [2.24, 2.45) is 0 Å². The van der Waals surface area contributed by atoms with Crippen LogP contribution in [-0.4, -0.2) is 51.2 Å². The molecule has 0 bridgehead atoms. The molecule has 10 heteroatoms. The van der Waals surface area contributed by atoms with Crippen LogP contribution in [0.1, 0.15) is 5.56 Å². The molecule has 1 atom stereocenters. The van der Waals surface area contributed by atoms with E-state index in [4.69, 9.17) is 4.74 Å². The summed E-state index contributed by atoms with van der Waals surface area (Å²) in [7, 11) is -5.62. The van der Waals surface area contributed by atoms with E-state index >= 15 is 0 Å². The topological polar surface area (TPSA) is 55.8 Å². The van der Waals surface area contributed by atoms with Crippen molar-refractivity contribution < 1.29 is 34.9 Å². The zero-order chi connectivity index (χ0) is 17.1. The molecule has 1 aromatic rings. The molecule has 1 saturated heterocycles. The van der Waals surface area contributed by atoms with Crippen LogP contribution in [0.4, 0.5) is 17.6 Å². The van der Waals surface area contributed by atoms with Crippen molar-refractivity contribution in [3.05, 3.63) is 35.6 Å². The molecule has 0 aliphatic carbocycles. The average Bonchev–Trinajstić information content (AvgIpc) is 2.47. The molecule has 23 heavy (non-hydrogen) atoms. The van der Waals surface area contributed by atoms with Gasteiger partial charge in [-0.1, -0.05) is 12.1 Å². The monoisotopic (exact) mass is 357 g/mol. The fourth-order valence-corrected chi connectivity index (χ4v) is 2.57. The van der Waals surface area contributed by atoms with Gasteiger partial charge in [0.1, 0.15) is 5.82 Å². The molecule has 0 spiro atoms. The number of rotatable bonds is 5. The van der Waals surface area contributed by atoms with Gasteiger partial charge in [0.05, 0.1) is 19.3 Å². The summed E-state index contributed by atoms with van der Waals surface area (Å²) in [6.07, 6.45) is -0.790. The van der Waals surface area contributed by atoms with Crippen LogP contribution in [0.15, 0.2) is 24.3 Å². The Hall–Kier alpha value is -1.23. The van der Waals surface area contributed by atoms with Gasteiger partial charge in [-0.2, -0.15) is 21.6 Å². The van der Waals surface area contributed by atoms with E-state index in [9.17, 15) is 26.0 Å². The summed E-state index contributed by atoms with van der Waals surface area (Å²) in [6.45, 7) is 0.722. The van der Waals surface area contributed by atoms with Crippen molar-refractivity contribution in [2.75, 3.05) is 26.3 Å². The zero-order valence-corrected chi connectivity index (χ0v) is 12.7. The Bertz CT molecular complexity index is 618. The van der Waals surface area contributed by atoms with E-state index in [1.165, 1.54) is 12.1 Å². The van der Waals surface area contributed by atoms with Gasteiger partial charge in [0, 0.05) is 19.6 Å². The van der Waals surface area contributed by atoms with Crippen LogP contribution in [0, 0.1) is 5.82 Å². The van der Waals surface area contributed by atoms with Gasteiger partial charge in [-0.05, 0) is 17.7 Å². The van der Waals surface area contributed by atoms with E-state index in [-0.39, 0.29) is 19.0 Å². The minimum atomic E-state index is -5.62. The highest BCUT2D eigenvalue weighted by Gasteiger charge is 2.47. The molecule has 2 rings (SSSR count). The molecule has 1 heterocycles. The maximum atomic E-state index is 12.8. The molecule has 0 aromatic heterocycles. The van der Waals surface area contributed by atoms with Gasteiger partial charge in [0.25, 0.3) is 0 Å². The van der Waals surface area contributed by atoms with Gasteiger partial charge in [-0.25, -0.2) is 4.39 Å². The van der Waals surface area contributed by atoms with Crippen LogP contribution in [-0.2, 0) is 25.6 Å². The predicted molar refractivity (Wildman–Crippen MR) is 72.3 cm³/mol. The van der Waals surface area contributed by atoms with Crippen LogP contribution in [0.3, 0.4) is 0 Å². The Morgan fingerprint density at radius 3 is 2.52 bits per heavy atom. The Morgan fingerprint density at radius 2 is 1.91 bits per heavy atom. The van der Waals surface area contributed by atoms with Gasteiger partial charge in [0.15, 0.2) is 0 Å². The van der Waals surface area contributed by atoms with Crippen LogP contribution >= 0.6 is 0 Å². The standard InChI is InChI=1S/C13H15F4NO4S/c14-11-3-1-10(2-4-11)7-18-5-6-21-12(8-18)9-22-23(19,20)13(15,16)17/h1-4,12H,5-9H2/t12-/m1/s1. The Labute approximate surface area is 130 Å². The van der Waals surface area contributed by atoms with Crippen LogP contribution in [0.2, 0.25) is 0 Å². The van der Waals surface area contributed by atoms with Gasteiger partial charge < -0.3 is 4.74 Å². The molecule has 0 N–H and O–H groups in total. The van der Waals surface area contributed by atoms with E-state index < -0.39 is 28.3 Å². The molecule has 0 saturated carbocycles.